The Morgan fingerprint density at radius 1 is 0.700 bits per heavy atom. The first-order valence-corrected chi connectivity index (χ1v) is 9.27. The van der Waals surface area contributed by atoms with E-state index in [1.807, 2.05) is 0 Å². The van der Waals surface area contributed by atoms with Crippen LogP contribution < -0.4 is 0 Å². The largest absolute Gasteiger partial charge is 1.00 e. The topological polar surface area (TPSA) is 0 Å². The van der Waals surface area contributed by atoms with E-state index >= 15 is 0 Å². The quantitative estimate of drug-likeness (QED) is 0.667. The zero-order valence-corrected chi connectivity index (χ0v) is 11.1. The van der Waals surface area contributed by atoms with Crippen LogP contribution in [0.5, 0.6) is 0 Å². The maximum atomic E-state index is 2.41. The van der Waals surface area contributed by atoms with E-state index in [1.165, 1.54) is 0 Å². The van der Waals surface area contributed by atoms with Crippen LogP contribution >= 0.6 is 0 Å². The minimum absolute atomic E-state index is 0. The average Bonchev–Trinajstić information content (AvgIpc) is 1.59. The minimum Gasteiger partial charge on any atom is -1.00 e. The van der Waals surface area contributed by atoms with Crippen molar-refractivity contribution in [3.8, 4) is 0 Å². The normalized spacial score (nSPS) is 12.6. The summed E-state index contributed by atoms with van der Waals surface area (Å²) in [5.41, 5.74) is 0. The van der Waals surface area contributed by atoms with Crippen LogP contribution in [0.3, 0.4) is 0 Å². The molecule has 0 aliphatic carbocycles. The molecule has 0 aromatic heterocycles. The molecule has 0 spiro atoms. The van der Waals surface area contributed by atoms with Crippen LogP contribution in [0, 0.1) is 0 Å². The van der Waals surface area contributed by atoms with Crippen molar-refractivity contribution in [2.75, 3.05) is 0 Å². The summed E-state index contributed by atoms with van der Waals surface area (Å²) in [6.07, 6.45) is 0. The Morgan fingerprint density at radius 2 is 0.900 bits per heavy atom. The fourth-order valence-electron chi connectivity index (χ4n) is 2.00. The maximum Gasteiger partial charge on any atom is -1.00 e. The molecule has 0 atom stereocenters. The predicted molar refractivity (Wildman–Crippen MR) is 52.2 cm³/mol. The summed E-state index contributed by atoms with van der Waals surface area (Å²) in [5.74, 6) is 0. The zero-order chi connectivity index (χ0) is 8.31. The Hall–Kier alpha value is 0.799. The zero-order valence-electron chi connectivity index (χ0n) is 9.23. The Kier molecular flexibility index (Phi) is 5.00. The van der Waals surface area contributed by atoms with Gasteiger partial charge in [-0.1, -0.05) is 0 Å². The van der Waals surface area contributed by atoms with E-state index in [9.17, 15) is 0 Å². The molecular weight excluding hydrogens is 227 g/mol. The summed E-state index contributed by atoms with van der Waals surface area (Å²) in [7, 11) is 0. The second kappa shape index (κ2) is 4.63. The van der Waals surface area contributed by atoms with Gasteiger partial charge in [-0.05, 0) is 0 Å². The van der Waals surface area contributed by atoms with E-state index in [-0.39, 0.29) is 1.43 Å². The van der Waals surface area contributed by atoms with Gasteiger partial charge in [0.25, 0.3) is 0 Å². The molecule has 0 heterocycles. The van der Waals surface area contributed by atoms with Crippen LogP contribution in [0.15, 0.2) is 0 Å². The SMILES string of the molecule is C[CH](C)[Sn]([CH](C)C)[CH](C)C.[H-]. The molecule has 63 valence electrons. The van der Waals surface area contributed by atoms with Crippen LogP contribution in [-0.4, -0.2) is 19.8 Å². The van der Waals surface area contributed by atoms with Gasteiger partial charge < -0.3 is 1.43 Å². The number of hydrogen-bond donors (Lipinski definition) is 0. The molecule has 0 N–H and O–H groups in total. The molecule has 0 saturated carbocycles. The van der Waals surface area contributed by atoms with E-state index in [0.717, 1.165) is 11.8 Å². The third kappa shape index (κ3) is 3.27. The van der Waals surface area contributed by atoms with Gasteiger partial charge >= 0.3 is 73.1 Å². The van der Waals surface area contributed by atoms with Crippen LogP contribution in [0.25, 0.3) is 0 Å². The van der Waals surface area contributed by atoms with E-state index in [2.05, 4.69) is 41.5 Å². The van der Waals surface area contributed by atoms with Crippen LogP contribution in [-0.2, 0) is 0 Å². The Morgan fingerprint density at radius 3 is 0.900 bits per heavy atom. The molecule has 1 radical (unpaired) electrons. The van der Waals surface area contributed by atoms with Gasteiger partial charge in [0.1, 0.15) is 0 Å². The van der Waals surface area contributed by atoms with Gasteiger partial charge in [-0.25, -0.2) is 0 Å². The smallest absolute Gasteiger partial charge is 1.00 e. The van der Waals surface area contributed by atoms with Gasteiger partial charge in [-0.3, -0.25) is 0 Å². The first-order chi connectivity index (χ1) is 4.46. The van der Waals surface area contributed by atoms with Gasteiger partial charge in [-0.15, -0.1) is 0 Å². The number of rotatable bonds is 3. The number of hydrogen-bond acceptors (Lipinski definition) is 0. The van der Waals surface area contributed by atoms with Gasteiger partial charge in [0.15, 0.2) is 0 Å². The van der Waals surface area contributed by atoms with Crippen molar-refractivity contribution in [2.24, 2.45) is 0 Å². The first-order valence-electron chi connectivity index (χ1n) is 4.33. The summed E-state index contributed by atoms with van der Waals surface area (Å²) >= 11 is -1.01. The molecule has 0 aromatic rings. The van der Waals surface area contributed by atoms with Crippen molar-refractivity contribution in [2.45, 2.75) is 53.3 Å². The van der Waals surface area contributed by atoms with Crippen molar-refractivity contribution >= 4 is 19.8 Å². The Balaban J connectivity index is 0. The molecule has 0 aromatic carbocycles. The van der Waals surface area contributed by atoms with Crippen molar-refractivity contribution in [1.29, 1.82) is 0 Å². The fourth-order valence-corrected chi connectivity index (χ4v) is 13.4. The Bertz CT molecular complexity index is 70.5. The summed E-state index contributed by atoms with van der Waals surface area (Å²) in [6.45, 7) is 14.5. The van der Waals surface area contributed by atoms with E-state index in [0.29, 0.717) is 0 Å². The summed E-state index contributed by atoms with van der Waals surface area (Å²) in [4.78, 5) is 0. The molecule has 10 heavy (non-hydrogen) atoms. The van der Waals surface area contributed by atoms with Crippen molar-refractivity contribution in [3.05, 3.63) is 0 Å². The summed E-state index contributed by atoms with van der Waals surface area (Å²) in [5, 5.41) is 0. The van der Waals surface area contributed by atoms with Crippen LogP contribution in [0.4, 0.5) is 0 Å². The van der Waals surface area contributed by atoms with Crippen LogP contribution in [0.2, 0.25) is 11.8 Å². The predicted octanol–water partition coefficient (Wildman–Crippen LogP) is 3.82. The Labute approximate surface area is 74.6 Å². The van der Waals surface area contributed by atoms with Gasteiger partial charge in [0.05, 0.1) is 0 Å². The third-order valence-electron chi connectivity index (χ3n) is 2.00. The van der Waals surface area contributed by atoms with Crippen LogP contribution in [0.1, 0.15) is 43.0 Å². The maximum absolute atomic E-state index is 2.41. The molecule has 0 aliphatic heterocycles. The average molecular weight is 249 g/mol. The van der Waals surface area contributed by atoms with Crippen molar-refractivity contribution in [1.82, 2.24) is 0 Å². The molecule has 0 saturated heterocycles. The molecule has 0 fully saturated rings. The van der Waals surface area contributed by atoms with E-state index in [1.54, 1.807) is 0 Å². The van der Waals surface area contributed by atoms with Crippen molar-refractivity contribution in [3.63, 3.8) is 0 Å². The van der Waals surface area contributed by atoms with E-state index < -0.39 is 19.8 Å². The monoisotopic (exact) mass is 250 g/mol. The van der Waals surface area contributed by atoms with Gasteiger partial charge in [0, 0.05) is 0 Å². The van der Waals surface area contributed by atoms with Crippen molar-refractivity contribution < 1.29 is 1.43 Å². The molecular formula is C9H22Sn-. The summed E-state index contributed by atoms with van der Waals surface area (Å²) in [6, 6.07) is 0. The second-order valence-corrected chi connectivity index (χ2v) is 16.7. The standard InChI is InChI=1S/3C3H7.Sn.H/c3*1-3-2;;/h3*3H,1-2H3;;/q;;;;-1. The molecule has 0 amide bonds. The van der Waals surface area contributed by atoms with Gasteiger partial charge in [0.2, 0.25) is 0 Å². The van der Waals surface area contributed by atoms with Gasteiger partial charge in [-0.2, -0.15) is 0 Å². The molecule has 0 bridgehead atoms. The molecule has 1 heteroatoms. The molecule has 0 rings (SSSR count). The molecule has 0 unspecified atom stereocenters. The minimum atomic E-state index is -1.01. The second-order valence-electron chi connectivity index (χ2n) is 3.96. The van der Waals surface area contributed by atoms with E-state index in [4.69, 9.17) is 0 Å². The first kappa shape index (κ1) is 10.8. The summed E-state index contributed by atoms with van der Waals surface area (Å²) < 4.78 is 3.09. The molecule has 0 aliphatic rings. The third-order valence-corrected chi connectivity index (χ3v) is 13.4. The molecule has 0 nitrogen and oxygen atoms in total. The fraction of sp³-hybridized carbons (Fsp3) is 1.00.